The minimum atomic E-state index is -0.164. The molecule has 1 aromatic rings. The van der Waals surface area contributed by atoms with Gasteiger partial charge < -0.3 is 10.2 Å². The summed E-state index contributed by atoms with van der Waals surface area (Å²) < 4.78 is 0. The van der Waals surface area contributed by atoms with Crippen LogP contribution in [0.4, 0.5) is 0 Å². The Morgan fingerprint density at radius 2 is 1.12 bits per heavy atom. The van der Waals surface area contributed by atoms with Gasteiger partial charge in [0.2, 0.25) is 0 Å². The van der Waals surface area contributed by atoms with Crippen LogP contribution >= 0.6 is 0 Å². The Morgan fingerprint density at radius 3 is 1.35 bits per heavy atom. The fraction of sp³-hybridized carbons (Fsp3) is 0.455. The summed E-state index contributed by atoms with van der Waals surface area (Å²) in [5.41, 5.74) is 3.49. The van der Waals surface area contributed by atoms with E-state index in [0.717, 1.165) is 16.7 Å². The van der Waals surface area contributed by atoms with Crippen LogP contribution in [-0.2, 0) is 27.8 Å². The molecule has 142 valence electrons. The minimum absolute atomic E-state index is 0.0238. The number of aliphatic hydroxyl groups excluding tert-OH is 2. The van der Waals surface area contributed by atoms with Gasteiger partial charge in [0, 0.05) is 24.0 Å². The lowest BCUT2D eigenvalue weighted by molar-refractivity contribution is -0.114. The molecule has 26 heavy (non-hydrogen) atoms. The van der Waals surface area contributed by atoms with Crippen molar-refractivity contribution in [3.05, 3.63) is 57.6 Å². The van der Waals surface area contributed by atoms with E-state index in [1.54, 1.807) is 0 Å². The van der Waals surface area contributed by atoms with Crippen molar-refractivity contribution in [2.45, 2.75) is 66.7 Å². The maximum Gasteiger partial charge on any atom is 0.159 e. The predicted octanol–water partition coefficient (Wildman–Crippen LogP) is 4.91. The maximum atomic E-state index is 11.8. The molecule has 0 aliphatic rings. The Balaban J connectivity index is 3.45. The molecule has 2 N–H and O–H groups in total. The van der Waals surface area contributed by atoms with Gasteiger partial charge in [0.1, 0.15) is 0 Å². The van der Waals surface area contributed by atoms with Crippen molar-refractivity contribution in [3.63, 3.8) is 0 Å². The number of hydrogen-bond acceptors (Lipinski definition) is 4. The second-order valence-corrected chi connectivity index (χ2v) is 7.88. The molecule has 0 radical (unpaired) electrons. The zero-order valence-electron chi connectivity index (χ0n) is 16.9. The number of Topliss-reactive ketones (excluding diaryl/α,β-unsaturated/α-hetero) is 2. The molecule has 0 spiro atoms. The first kappa shape index (κ1) is 21.7. The molecule has 1 aromatic carbocycles. The van der Waals surface area contributed by atoms with Crippen molar-refractivity contribution >= 4 is 11.6 Å². The van der Waals surface area contributed by atoms with Crippen LogP contribution in [0.3, 0.4) is 0 Å². The zero-order chi connectivity index (χ0) is 20.2. The maximum absolute atomic E-state index is 11.8. The molecule has 0 atom stereocenters. The van der Waals surface area contributed by atoms with Gasteiger partial charge in [-0.15, -0.1) is 0 Å². The van der Waals surface area contributed by atoms with Gasteiger partial charge in [-0.2, -0.15) is 0 Å². The topological polar surface area (TPSA) is 74.6 Å². The van der Waals surface area contributed by atoms with Gasteiger partial charge in [0.05, 0.1) is 11.5 Å². The summed E-state index contributed by atoms with van der Waals surface area (Å²) in [6.07, 6.45) is 0.650. The molecular weight excluding hydrogens is 328 g/mol. The Morgan fingerprint density at radius 1 is 0.769 bits per heavy atom. The third kappa shape index (κ3) is 5.87. The van der Waals surface area contributed by atoms with E-state index in [4.69, 9.17) is 0 Å². The summed E-state index contributed by atoms with van der Waals surface area (Å²) >= 11 is 0. The van der Waals surface area contributed by atoms with Crippen LogP contribution in [0.5, 0.6) is 0 Å². The van der Waals surface area contributed by atoms with Crippen molar-refractivity contribution in [3.8, 4) is 0 Å². The van der Waals surface area contributed by atoms with E-state index in [2.05, 4.69) is 20.8 Å². The molecule has 0 bridgehead atoms. The number of carbonyl (C=O) groups is 2. The summed E-state index contributed by atoms with van der Waals surface area (Å²) in [5.74, 6) is -0.280. The molecule has 0 aliphatic heterocycles. The Kier molecular flexibility index (Phi) is 6.96. The van der Waals surface area contributed by atoms with Crippen LogP contribution in [-0.4, -0.2) is 21.8 Å². The van der Waals surface area contributed by atoms with Crippen molar-refractivity contribution in [1.82, 2.24) is 0 Å². The molecule has 0 fully saturated rings. The normalized spacial score (nSPS) is 13.8. The Hall–Kier alpha value is -2.36. The van der Waals surface area contributed by atoms with E-state index < -0.39 is 0 Å². The molecule has 0 unspecified atom stereocenters. The molecule has 0 saturated heterocycles. The van der Waals surface area contributed by atoms with Gasteiger partial charge in [-0.1, -0.05) is 39.0 Å². The van der Waals surface area contributed by atoms with Gasteiger partial charge >= 0.3 is 0 Å². The second-order valence-electron chi connectivity index (χ2n) is 7.88. The van der Waals surface area contributed by atoms with Crippen LogP contribution < -0.4 is 0 Å². The minimum Gasteiger partial charge on any atom is -0.512 e. The van der Waals surface area contributed by atoms with Crippen LogP contribution in [0.15, 0.2) is 40.9 Å². The highest BCUT2D eigenvalue weighted by atomic mass is 16.3. The zero-order valence-corrected chi connectivity index (χ0v) is 16.9. The lowest BCUT2D eigenvalue weighted by Crippen LogP contribution is -2.14. The summed E-state index contributed by atoms with van der Waals surface area (Å²) in [4.78, 5) is 23.6. The smallest absolute Gasteiger partial charge is 0.159 e. The first-order valence-corrected chi connectivity index (χ1v) is 8.75. The van der Waals surface area contributed by atoms with Crippen molar-refractivity contribution in [2.75, 3.05) is 0 Å². The number of rotatable bonds is 6. The fourth-order valence-electron chi connectivity index (χ4n) is 2.82. The Bertz CT molecular complexity index is 710. The van der Waals surface area contributed by atoms with E-state index in [-0.39, 0.29) is 28.5 Å². The summed E-state index contributed by atoms with van der Waals surface area (Å²) in [6, 6.07) is 5.98. The van der Waals surface area contributed by atoms with E-state index in [1.165, 1.54) is 27.7 Å². The molecule has 4 nitrogen and oxygen atoms in total. The first-order chi connectivity index (χ1) is 11.8. The predicted molar refractivity (Wildman–Crippen MR) is 105 cm³/mol. The van der Waals surface area contributed by atoms with Gasteiger partial charge in [-0.25, -0.2) is 0 Å². The van der Waals surface area contributed by atoms with E-state index in [9.17, 15) is 19.8 Å². The van der Waals surface area contributed by atoms with E-state index in [1.807, 2.05) is 18.2 Å². The van der Waals surface area contributed by atoms with E-state index in [0.29, 0.717) is 24.0 Å². The van der Waals surface area contributed by atoms with Gasteiger partial charge in [-0.3, -0.25) is 9.59 Å². The summed E-state index contributed by atoms with van der Waals surface area (Å²) in [6.45, 7) is 12.2. The van der Waals surface area contributed by atoms with Crippen LogP contribution in [0.1, 0.15) is 65.2 Å². The largest absolute Gasteiger partial charge is 0.512 e. The standard InChI is InChI=1S/C22H30O4/c1-13(23)20(14(2)24)11-17-8-18(10-19(9-17)22(5,6)7)12-21(15(3)25)16(4)26/h8-10,23,25H,11-12H2,1-7H3/b20-13-,21-15-. The monoisotopic (exact) mass is 358 g/mol. The number of benzene rings is 1. The Labute approximate surface area is 156 Å². The fourth-order valence-corrected chi connectivity index (χ4v) is 2.82. The summed E-state index contributed by atoms with van der Waals surface area (Å²) in [7, 11) is 0. The lowest BCUT2D eigenvalue weighted by Gasteiger charge is -2.22. The number of allylic oxidation sites excluding steroid dienone is 4. The van der Waals surface area contributed by atoms with Crippen molar-refractivity contribution < 1.29 is 19.8 Å². The van der Waals surface area contributed by atoms with Crippen LogP contribution in [0.25, 0.3) is 0 Å². The summed E-state index contributed by atoms with van der Waals surface area (Å²) in [5, 5.41) is 19.6. The molecule has 1 rings (SSSR count). The first-order valence-electron chi connectivity index (χ1n) is 8.75. The van der Waals surface area contributed by atoms with Crippen LogP contribution in [0, 0.1) is 0 Å². The third-order valence-corrected chi connectivity index (χ3v) is 4.40. The second kappa shape index (κ2) is 8.35. The number of aliphatic hydroxyl groups is 2. The quantitative estimate of drug-likeness (QED) is 0.559. The average Bonchev–Trinajstić information content (AvgIpc) is 2.48. The highest BCUT2D eigenvalue weighted by Crippen LogP contribution is 2.27. The molecule has 0 amide bonds. The van der Waals surface area contributed by atoms with Gasteiger partial charge in [0.25, 0.3) is 0 Å². The molecule has 0 saturated carbocycles. The van der Waals surface area contributed by atoms with Crippen LogP contribution in [0.2, 0.25) is 0 Å². The highest BCUT2D eigenvalue weighted by molar-refractivity contribution is 5.94. The number of carbonyl (C=O) groups excluding carboxylic acids is 2. The number of ketones is 2. The highest BCUT2D eigenvalue weighted by Gasteiger charge is 2.18. The SMILES string of the molecule is CC(=O)/C(Cc1cc(C/C(C(C)=O)=C(\C)O)cc(C(C)(C)C)c1)=C(/C)O. The van der Waals surface area contributed by atoms with Crippen molar-refractivity contribution in [1.29, 1.82) is 0 Å². The third-order valence-electron chi connectivity index (χ3n) is 4.40. The molecule has 4 heteroatoms. The van der Waals surface area contributed by atoms with Gasteiger partial charge in [-0.05, 0) is 49.8 Å². The van der Waals surface area contributed by atoms with E-state index >= 15 is 0 Å². The molecule has 0 heterocycles. The lowest BCUT2D eigenvalue weighted by atomic mass is 9.83. The molecule has 0 aromatic heterocycles. The molecular formula is C22H30O4. The van der Waals surface area contributed by atoms with Crippen molar-refractivity contribution in [2.24, 2.45) is 0 Å². The average molecular weight is 358 g/mol. The van der Waals surface area contributed by atoms with Gasteiger partial charge in [0.15, 0.2) is 11.6 Å². The number of hydrogen-bond donors (Lipinski definition) is 2. The molecule has 0 aliphatic carbocycles.